The average Bonchev–Trinajstić information content (AvgIpc) is 2.93. The summed E-state index contributed by atoms with van der Waals surface area (Å²) >= 11 is 5.88. The fourth-order valence-corrected chi connectivity index (χ4v) is 6.16. The van der Waals surface area contributed by atoms with Crippen molar-refractivity contribution in [1.29, 1.82) is 0 Å². The van der Waals surface area contributed by atoms with Gasteiger partial charge in [-0.05, 0) is 74.8 Å². The summed E-state index contributed by atoms with van der Waals surface area (Å²) in [5.41, 5.74) is 3.68. The molecule has 0 unspecified atom stereocenters. The standard InChI is InChI=1S/C31H35N3O5S/c1-18-10-12-22(19(2)16-18)32-29(35)26-27-21-8-7-9-24(37-5)28(21)39-31(26,3)34(30(40)33-27)15-14-20-11-13-23(36-4)25(17-20)38-6/h7-13,16-17,26-27H,14-15H2,1-6H3,(H,32,35)(H,33,40)/t26-,27+,31-/m0/s1. The second-order valence-corrected chi connectivity index (χ2v) is 10.7. The Kier molecular flexibility index (Phi) is 7.51. The van der Waals surface area contributed by atoms with Gasteiger partial charge in [-0.1, -0.05) is 35.9 Å². The molecule has 3 aromatic rings. The van der Waals surface area contributed by atoms with Crippen LogP contribution in [0.1, 0.15) is 35.2 Å². The summed E-state index contributed by atoms with van der Waals surface area (Å²) in [4.78, 5) is 16.1. The molecule has 0 aliphatic carbocycles. The normalized spacial score (nSPS) is 21.1. The molecule has 2 N–H and O–H groups in total. The van der Waals surface area contributed by atoms with Gasteiger partial charge in [-0.15, -0.1) is 0 Å². The van der Waals surface area contributed by atoms with Gasteiger partial charge in [0.25, 0.3) is 0 Å². The van der Waals surface area contributed by atoms with Gasteiger partial charge in [-0.2, -0.15) is 0 Å². The highest BCUT2D eigenvalue weighted by Gasteiger charge is 2.59. The molecular weight excluding hydrogens is 526 g/mol. The minimum Gasteiger partial charge on any atom is -0.493 e. The number of thiocarbonyl (C=S) groups is 1. The number of para-hydroxylation sites is 1. The van der Waals surface area contributed by atoms with Crippen molar-refractivity contribution in [2.75, 3.05) is 33.2 Å². The maximum atomic E-state index is 14.1. The van der Waals surface area contributed by atoms with Gasteiger partial charge in [-0.3, -0.25) is 4.79 Å². The highest BCUT2D eigenvalue weighted by Crippen LogP contribution is 2.51. The number of amides is 1. The Labute approximate surface area is 240 Å². The van der Waals surface area contributed by atoms with Crippen molar-refractivity contribution >= 4 is 28.9 Å². The molecule has 1 amide bonds. The summed E-state index contributed by atoms with van der Waals surface area (Å²) in [7, 11) is 4.84. The predicted molar refractivity (Wildman–Crippen MR) is 158 cm³/mol. The maximum Gasteiger partial charge on any atom is 0.236 e. The number of carbonyl (C=O) groups excluding carboxylic acids is 1. The highest BCUT2D eigenvalue weighted by molar-refractivity contribution is 7.80. The van der Waals surface area contributed by atoms with E-state index < -0.39 is 17.7 Å². The SMILES string of the molecule is COc1ccc(CCN2C(=S)N[C@@H]3c4cccc(OC)c4O[C@@]2(C)[C@@H]3C(=O)Nc2ccc(C)cc2C)cc1OC. The third-order valence-electron chi connectivity index (χ3n) is 7.84. The maximum absolute atomic E-state index is 14.1. The number of aryl methyl sites for hydroxylation is 2. The molecule has 2 aliphatic heterocycles. The molecule has 2 aliphatic rings. The number of ether oxygens (including phenoxy) is 4. The van der Waals surface area contributed by atoms with E-state index in [-0.39, 0.29) is 5.91 Å². The van der Waals surface area contributed by atoms with Gasteiger partial charge in [0.2, 0.25) is 5.91 Å². The topological polar surface area (TPSA) is 81.3 Å². The van der Waals surface area contributed by atoms with E-state index in [1.807, 2.05) is 74.2 Å². The quantitative estimate of drug-likeness (QED) is 0.365. The van der Waals surface area contributed by atoms with E-state index in [0.717, 1.165) is 27.9 Å². The first-order valence-corrected chi connectivity index (χ1v) is 13.6. The van der Waals surface area contributed by atoms with Crippen LogP contribution in [-0.4, -0.2) is 49.5 Å². The largest absolute Gasteiger partial charge is 0.493 e. The van der Waals surface area contributed by atoms with E-state index in [0.29, 0.717) is 41.1 Å². The lowest BCUT2D eigenvalue weighted by Gasteiger charge is -2.56. The average molecular weight is 562 g/mol. The summed E-state index contributed by atoms with van der Waals surface area (Å²) in [6.45, 7) is 6.46. The second kappa shape index (κ2) is 10.9. The molecule has 2 heterocycles. The Morgan fingerprint density at radius 1 is 1.02 bits per heavy atom. The molecule has 5 rings (SSSR count). The van der Waals surface area contributed by atoms with E-state index in [9.17, 15) is 4.79 Å². The molecule has 3 aromatic carbocycles. The van der Waals surface area contributed by atoms with Crippen LogP contribution in [0.4, 0.5) is 5.69 Å². The number of hydrogen-bond acceptors (Lipinski definition) is 6. The monoisotopic (exact) mass is 561 g/mol. The Balaban J connectivity index is 1.52. The Bertz CT molecular complexity index is 1460. The zero-order valence-electron chi connectivity index (χ0n) is 23.7. The number of nitrogens with one attached hydrogen (secondary N) is 2. The summed E-state index contributed by atoms with van der Waals surface area (Å²) in [5, 5.41) is 7.16. The number of rotatable bonds is 8. The van der Waals surface area contributed by atoms with Crippen molar-refractivity contribution in [3.05, 3.63) is 76.9 Å². The first kappa shape index (κ1) is 27.6. The van der Waals surface area contributed by atoms with E-state index in [2.05, 4.69) is 16.7 Å². The molecule has 1 saturated heterocycles. The zero-order chi connectivity index (χ0) is 28.6. The van der Waals surface area contributed by atoms with Crippen molar-refractivity contribution < 1.29 is 23.7 Å². The molecule has 0 spiro atoms. The molecule has 0 saturated carbocycles. The van der Waals surface area contributed by atoms with Crippen LogP contribution in [0.15, 0.2) is 54.6 Å². The lowest BCUT2D eigenvalue weighted by atomic mass is 9.78. The van der Waals surface area contributed by atoms with Crippen LogP contribution in [0.25, 0.3) is 0 Å². The van der Waals surface area contributed by atoms with Crippen LogP contribution in [0, 0.1) is 19.8 Å². The van der Waals surface area contributed by atoms with Crippen LogP contribution >= 0.6 is 12.2 Å². The first-order valence-electron chi connectivity index (χ1n) is 13.2. The van der Waals surface area contributed by atoms with Crippen LogP contribution in [0.5, 0.6) is 23.0 Å². The number of fused-ring (bicyclic) bond motifs is 4. The molecule has 2 bridgehead atoms. The summed E-state index contributed by atoms with van der Waals surface area (Å²) < 4.78 is 23.3. The van der Waals surface area contributed by atoms with E-state index in [4.69, 9.17) is 31.2 Å². The van der Waals surface area contributed by atoms with Crippen molar-refractivity contribution in [1.82, 2.24) is 10.2 Å². The Morgan fingerprint density at radius 2 is 1.77 bits per heavy atom. The van der Waals surface area contributed by atoms with Crippen LogP contribution in [0.3, 0.4) is 0 Å². The minimum atomic E-state index is -1.09. The van der Waals surface area contributed by atoms with E-state index >= 15 is 0 Å². The lowest BCUT2D eigenvalue weighted by molar-refractivity contribution is -0.149. The van der Waals surface area contributed by atoms with Crippen molar-refractivity contribution in [3.63, 3.8) is 0 Å². The molecule has 9 heteroatoms. The third-order valence-corrected chi connectivity index (χ3v) is 8.18. The Morgan fingerprint density at radius 3 is 2.48 bits per heavy atom. The number of methoxy groups -OCH3 is 3. The number of nitrogens with zero attached hydrogens (tertiary/aromatic N) is 1. The van der Waals surface area contributed by atoms with Crippen molar-refractivity contribution in [3.8, 4) is 23.0 Å². The van der Waals surface area contributed by atoms with Crippen LogP contribution < -0.4 is 29.6 Å². The molecule has 40 heavy (non-hydrogen) atoms. The van der Waals surface area contributed by atoms with Gasteiger partial charge in [0, 0.05) is 17.8 Å². The van der Waals surface area contributed by atoms with Gasteiger partial charge in [0.05, 0.1) is 27.4 Å². The fourth-order valence-electron chi connectivity index (χ4n) is 5.76. The summed E-state index contributed by atoms with van der Waals surface area (Å²) in [6.07, 6.45) is 0.635. The predicted octanol–water partition coefficient (Wildman–Crippen LogP) is 5.17. The summed E-state index contributed by atoms with van der Waals surface area (Å²) in [6, 6.07) is 17.1. The first-order chi connectivity index (χ1) is 19.2. The number of hydrogen-bond donors (Lipinski definition) is 2. The highest BCUT2D eigenvalue weighted by atomic mass is 32.1. The summed E-state index contributed by atoms with van der Waals surface area (Å²) in [5.74, 6) is 1.77. The molecular formula is C31H35N3O5S. The smallest absolute Gasteiger partial charge is 0.236 e. The van der Waals surface area contributed by atoms with Gasteiger partial charge in [0.1, 0.15) is 5.92 Å². The third kappa shape index (κ3) is 4.79. The van der Waals surface area contributed by atoms with Crippen LogP contribution in [0.2, 0.25) is 0 Å². The van der Waals surface area contributed by atoms with Crippen molar-refractivity contribution in [2.24, 2.45) is 5.92 Å². The number of carbonyl (C=O) groups is 1. The van der Waals surface area contributed by atoms with E-state index in [1.165, 1.54) is 0 Å². The number of anilines is 1. The zero-order valence-corrected chi connectivity index (χ0v) is 24.5. The van der Waals surface area contributed by atoms with E-state index in [1.54, 1.807) is 21.3 Å². The van der Waals surface area contributed by atoms with Gasteiger partial charge in [-0.25, -0.2) is 0 Å². The fraction of sp³-hybridized carbons (Fsp3) is 0.355. The molecule has 0 aromatic heterocycles. The molecule has 8 nitrogen and oxygen atoms in total. The lowest BCUT2D eigenvalue weighted by Crippen LogP contribution is -2.71. The van der Waals surface area contributed by atoms with Crippen molar-refractivity contribution in [2.45, 2.75) is 39.0 Å². The second-order valence-electron chi connectivity index (χ2n) is 10.3. The van der Waals surface area contributed by atoms with Gasteiger partial charge < -0.3 is 34.5 Å². The van der Waals surface area contributed by atoms with Gasteiger partial charge >= 0.3 is 0 Å². The van der Waals surface area contributed by atoms with Gasteiger partial charge in [0.15, 0.2) is 33.8 Å². The Hall–Kier alpha value is -3.98. The van der Waals surface area contributed by atoms with Crippen LogP contribution in [-0.2, 0) is 11.2 Å². The molecule has 210 valence electrons. The molecule has 3 atom stereocenters. The number of benzene rings is 3. The molecule has 1 fully saturated rings. The molecule has 0 radical (unpaired) electrons. The minimum absolute atomic E-state index is 0.154.